The molecule has 1 amide bonds. The maximum absolute atomic E-state index is 11.2. The highest BCUT2D eigenvalue weighted by Gasteiger charge is 2.04. The van der Waals surface area contributed by atoms with Gasteiger partial charge >= 0.3 is 0 Å². The Morgan fingerprint density at radius 2 is 1.53 bits per heavy atom. The van der Waals surface area contributed by atoms with Crippen molar-refractivity contribution in [2.24, 2.45) is 11.6 Å². The number of nitrogens with two attached hydrogens (primary N) is 2. The summed E-state index contributed by atoms with van der Waals surface area (Å²) >= 11 is 0. The van der Waals surface area contributed by atoms with Crippen molar-refractivity contribution in [3.05, 3.63) is 0 Å². The molecule has 0 aromatic rings. The predicted molar refractivity (Wildman–Crippen MR) is 79.5 cm³/mol. The maximum atomic E-state index is 11.2. The van der Waals surface area contributed by atoms with Crippen LogP contribution in [0.3, 0.4) is 0 Å². The molecule has 0 aliphatic rings. The molecule has 0 saturated carbocycles. The molecule has 114 valence electrons. The van der Waals surface area contributed by atoms with Gasteiger partial charge in [-0.1, -0.05) is 6.92 Å². The van der Waals surface area contributed by atoms with Gasteiger partial charge in [0.1, 0.15) is 0 Å². The second-order valence-electron chi connectivity index (χ2n) is 4.64. The van der Waals surface area contributed by atoms with Crippen LogP contribution in [0.2, 0.25) is 0 Å². The van der Waals surface area contributed by atoms with Crippen LogP contribution in [0.15, 0.2) is 0 Å². The van der Waals surface area contributed by atoms with Crippen molar-refractivity contribution in [2.45, 2.75) is 39.0 Å². The van der Waals surface area contributed by atoms with E-state index in [1.807, 2.05) is 6.92 Å². The van der Waals surface area contributed by atoms with Crippen LogP contribution in [0.5, 0.6) is 0 Å². The Morgan fingerprint density at radius 3 is 2.05 bits per heavy atom. The number of hydrogen-bond donors (Lipinski definition) is 4. The Kier molecular flexibility index (Phi) is 13.2. The normalized spacial score (nSPS) is 10.7. The van der Waals surface area contributed by atoms with Crippen LogP contribution in [0.25, 0.3) is 0 Å². The molecular formula is C13H31N5O. The third kappa shape index (κ3) is 12.1. The summed E-state index contributed by atoms with van der Waals surface area (Å²) in [5.74, 6) is 5.59. The van der Waals surface area contributed by atoms with Gasteiger partial charge in [0, 0.05) is 13.0 Å². The zero-order valence-electron chi connectivity index (χ0n) is 12.3. The SMILES string of the molecule is CCC(=O)N(N)CCCNCCCCNCCCN. The predicted octanol–water partition coefficient (Wildman–Crippen LogP) is -0.203. The average molecular weight is 273 g/mol. The summed E-state index contributed by atoms with van der Waals surface area (Å²) < 4.78 is 0. The standard InChI is InChI=1S/C13H31N5O/c1-2-13(19)18(15)12-6-11-17-9-4-3-8-16-10-5-7-14/h16-17H,2-12,14-15H2,1H3. The number of hydrazine groups is 1. The van der Waals surface area contributed by atoms with Crippen molar-refractivity contribution < 1.29 is 4.79 Å². The Morgan fingerprint density at radius 1 is 1.00 bits per heavy atom. The molecule has 0 aliphatic heterocycles. The smallest absolute Gasteiger partial charge is 0.236 e. The van der Waals surface area contributed by atoms with Crippen molar-refractivity contribution in [3.63, 3.8) is 0 Å². The minimum Gasteiger partial charge on any atom is -0.330 e. The van der Waals surface area contributed by atoms with Crippen LogP contribution >= 0.6 is 0 Å². The first-order chi connectivity index (χ1) is 9.22. The molecule has 0 heterocycles. The van der Waals surface area contributed by atoms with E-state index in [1.165, 1.54) is 11.4 Å². The van der Waals surface area contributed by atoms with Crippen molar-refractivity contribution >= 4 is 5.91 Å². The molecule has 0 rings (SSSR count). The molecule has 19 heavy (non-hydrogen) atoms. The first-order valence-electron chi connectivity index (χ1n) is 7.39. The van der Waals surface area contributed by atoms with Crippen molar-refractivity contribution in [1.82, 2.24) is 15.6 Å². The highest BCUT2D eigenvalue weighted by molar-refractivity contribution is 5.75. The molecular weight excluding hydrogens is 242 g/mol. The van der Waals surface area contributed by atoms with Crippen molar-refractivity contribution in [2.75, 3.05) is 39.3 Å². The molecule has 0 aliphatic carbocycles. The number of nitrogens with one attached hydrogen (secondary N) is 2. The molecule has 0 unspecified atom stereocenters. The largest absolute Gasteiger partial charge is 0.330 e. The molecule has 0 fully saturated rings. The fourth-order valence-corrected chi connectivity index (χ4v) is 1.68. The number of rotatable bonds is 13. The van der Waals surface area contributed by atoms with Gasteiger partial charge in [0.15, 0.2) is 0 Å². The van der Waals surface area contributed by atoms with E-state index in [1.54, 1.807) is 0 Å². The molecule has 0 atom stereocenters. The maximum Gasteiger partial charge on any atom is 0.236 e. The fourth-order valence-electron chi connectivity index (χ4n) is 1.68. The Hall–Kier alpha value is -0.690. The van der Waals surface area contributed by atoms with E-state index in [9.17, 15) is 4.79 Å². The summed E-state index contributed by atoms with van der Waals surface area (Å²) in [6, 6.07) is 0. The van der Waals surface area contributed by atoms with Gasteiger partial charge in [0.05, 0.1) is 0 Å². The van der Waals surface area contributed by atoms with E-state index in [0.29, 0.717) is 13.0 Å². The Balaban J connectivity index is 3.12. The number of unbranched alkanes of at least 4 members (excludes halogenated alkanes) is 1. The van der Waals surface area contributed by atoms with Gasteiger partial charge < -0.3 is 16.4 Å². The lowest BCUT2D eigenvalue weighted by Crippen LogP contribution is -2.38. The second-order valence-corrected chi connectivity index (χ2v) is 4.64. The van der Waals surface area contributed by atoms with Gasteiger partial charge in [-0.25, -0.2) is 5.84 Å². The molecule has 0 saturated heterocycles. The number of carbonyl (C=O) groups excluding carboxylic acids is 1. The number of nitrogens with zero attached hydrogens (tertiary/aromatic N) is 1. The summed E-state index contributed by atoms with van der Waals surface area (Å²) in [4.78, 5) is 11.2. The van der Waals surface area contributed by atoms with Crippen LogP contribution in [-0.4, -0.2) is 50.2 Å². The summed E-state index contributed by atoms with van der Waals surface area (Å²) in [6.45, 7) is 7.21. The van der Waals surface area contributed by atoms with E-state index in [0.717, 1.165) is 52.0 Å². The van der Waals surface area contributed by atoms with Crippen LogP contribution in [-0.2, 0) is 4.79 Å². The molecule has 0 radical (unpaired) electrons. The molecule has 6 N–H and O–H groups in total. The van der Waals surface area contributed by atoms with E-state index >= 15 is 0 Å². The van der Waals surface area contributed by atoms with E-state index in [2.05, 4.69) is 10.6 Å². The average Bonchev–Trinajstić information content (AvgIpc) is 2.43. The van der Waals surface area contributed by atoms with E-state index < -0.39 is 0 Å². The summed E-state index contributed by atoms with van der Waals surface area (Å²) in [5, 5.41) is 8.02. The number of carbonyl (C=O) groups is 1. The number of hydrogen-bond acceptors (Lipinski definition) is 5. The van der Waals surface area contributed by atoms with Gasteiger partial charge in [-0.15, -0.1) is 0 Å². The molecule has 0 bridgehead atoms. The minimum atomic E-state index is 0.00329. The van der Waals surface area contributed by atoms with Crippen LogP contribution in [0.1, 0.15) is 39.0 Å². The lowest BCUT2D eigenvalue weighted by Gasteiger charge is -2.15. The Labute approximate surface area is 117 Å². The summed E-state index contributed by atoms with van der Waals surface area (Å²) in [7, 11) is 0. The van der Waals surface area contributed by atoms with Gasteiger partial charge in [0.2, 0.25) is 5.91 Å². The van der Waals surface area contributed by atoms with Gasteiger partial charge in [-0.3, -0.25) is 9.80 Å². The number of amides is 1. The highest BCUT2D eigenvalue weighted by atomic mass is 16.2. The monoisotopic (exact) mass is 273 g/mol. The van der Waals surface area contributed by atoms with Crippen LogP contribution in [0.4, 0.5) is 0 Å². The minimum absolute atomic E-state index is 0.00329. The molecule has 0 aromatic carbocycles. The zero-order chi connectivity index (χ0) is 14.3. The fraction of sp³-hybridized carbons (Fsp3) is 0.923. The summed E-state index contributed by atoms with van der Waals surface area (Å²) in [6.07, 6.45) is 4.76. The van der Waals surface area contributed by atoms with Gasteiger partial charge in [-0.05, 0) is 58.4 Å². The van der Waals surface area contributed by atoms with Crippen LogP contribution < -0.4 is 22.2 Å². The molecule has 0 spiro atoms. The quantitative estimate of drug-likeness (QED) is 0.161. The van der Waals surface area contributed by atoms with Gasteiger partial charge in [0.25, 0.3) is 0 Å². The molecule has 6 nitrogen and oxygen atoms in total. The Bertz CT molecular complexity index is 213. The van der Waals surface area contributed by atoms with E-state index in [-0.39, 0.29) is 5.91 Å². The lowest BCUT2D eigenvalue weighted by atomic mass is 10.3. The topological polar surface area (TPSA) is 96.4 Å². The van der Waals surface area contributed by atoms with Crippen molar-refractivity contribution in [3.8, 4) is 0 Å². The zero-order valence-corrected chi connectivity index (χ0v) is 12.3. The first kappa shape index (κ1) is 18.3. The first-order valence-corrected chi connectivity index (χ1v) is 7.39. The molecule has 6 heteroatoms. The third-order valence-electron chi connectivity index (χ3n) is 2.89. The van der Waals surface area contributed by atoms with Gasteiger partial charge in [-0.2, -0.15) is 0 Å². The second kappa shape index (κ2) is 13.7. The van der Waals surface area contributed by atoms with Crippen molar-refractivity contribution in [1.29, 1.82) is 0 Å². The van der Waals surface area contributed by atoms with E-state index in [4.69, 9.17) is 11.6 Å². The van der Waals surface area contributed by atoms with Crippen LogP contribution in [0, 0.1) is 0 Å². The summed E-state index contributed by atoms with van der Waals surface area (Å²) in [5.41, 5.74) is 5.40. The highest BCUT2D eigenvalue weighted by Crippen LogP contribution is 1.89. The molecule has 0 aromatic heterocycles. The third-order valence-corrected chi connectivity index (χ3v) is 2.89. The lowest BCUT2D eigenvalue weighted by molar-refractivity contribution is -0.131.